The van der Waals surface area contributed by atoms with Gasteiger partial charge < -0.3 is 10.2 Å². The van der Waals surface area contributed by atoms with Gasteiger partial charge >= 0.3 is 0 Å². The van der Waals surface area contributed by atoms with Crippen molar-refractivity contribution in [3.63, 3.8) is 0 Å². The summed E-state index contributed by atoms with van der Waals surface area (Å²) in [5.41, 5.74) is 0.915. The number of amides is 1. The molecule has 3 nitrogen and oxygen atoms in total. The number of rotatable bonds is 5. The molecular formula is C16H22Cl2N2O. The molecule has 0 bridgehead atoms. The topological polar surface area (TPSA) is 32.3 Å². The maximum absolute atomic E-state index is 12.4. The van der Waals surface area contributed by atoms with Crippen LogP contribution in [0.1, 0.15) is 25.3 Å². The van der Waals surface area contributed by atoms with Crippen LogP contribution in [0.15, 0.2) is 18.2 Å². The Balaban J connectivity index is 1.94. The van der Waals surface area contributed by atoms with Crippen molar-refractivity contribution in [3.8, 4) is 0 Å². The summed E-state index contributed by atoms with van der Waals surface area (Å²) in [6.45, 7) is 5.77. The lowest BCUT2D eigenvalue weighted by molar-refractivity contribution is -0.131. The molecule has 1 aliphatic heterocycles. The van der Waals surface area contributed by atoms with E-state index in [0.29, 0.717) is 22.4 Å². The van der Waals surface area contributed by atoms with Crippen LogP contribution in [0.25, 0.3) is 0 Å². The molecule has 0 spiro atoms. The zero-order chi connectivity index (χ0) is 15.2. The third kappa shape index (κ3) is 4.87. The molecule has 21 heavy (non-hydrogen) atoms. The molecule has 2 rings (SSSR count). The number of halogens is 2. The number of likely N-dealkylation sites (N-methyl/N-ethyl adjacent to an activating group) is 1. The van der Waals surface area contributed by atoms with Crippen molar-refractivity contribution in [1.29, 1.82) is 0 Å². The molecule has 1 N–H and O–H groups in total. The van der Waals surface area contributed by atoms with Crippen molar-refractivity contribution in [2.75, 3.05) is 26.2 Å². The summed E-state index contributed by atoms with van der Waals surface area (Å²) in [5.74, 6) is 0.776. The van der Waals surface area contributed by atoms with Gasteiger partial charge in [0.2, 0.25) is 5.91 Å². The Bertz CT molecular complexity index is 487. The Morgan fingerprint density at radius 1 is 1.29 bits per heavy atom. The molecule has 1 aromatic rings. The van der Waals surface area contributed by atoms with Gasteiger partial charge in [0, 0.05) is 13.1 Å². The van der Waals surface area contributed by atoms with Crippen molar-refractivity contribution in [2.24, 2.45) is 5.92 Å². The number of carbonyl (C=O) groups is 1. The SMILES string of the molecule is CCN(CC1CCNCC1)C(=O)Cc1ccc(Cl)c(Cl)c1. The Kier molecular flexibility index (Phi) is 6.34. The molecule has 1 aromatic carbocycles. The Morgan fingerprint density at radius 2 is 2.00 bits per heavy atom. The molecule has 0 radical (unpaired) electrons. The maximum atomic E-state index is 12.4. The average Bonchev–Trinajstić information content (AvgIpc) is 2.49. The van der Waals surface area contributed by atoms with E-state index in [1.807, 2.05) is 17.9 Å². The minimum Gasteiger partial charge on any atom is -0.342 e. The van der Waals surface area contributed by atoms with Crippen molar-refractivity contribution in [2.45, 2.75) is 26.2 Å². The van der Waals surface area contributed by atoms with Crippen LogP contribution in [0.4, 0.5) is 0 Å². The van der Waals surface area contributed by atoms with E-state index in [-0.39, 0.29) is 5.91 Å². The lowest BCUT2D eigenvalue weighted by Gasteiger charge is -2.29. The monoisotopic (exact) mass is 328 g/mol. The summed E-state index contributed by atoms with van der Waals surface area (Å²) in [4.78, 5) is 14.4. The van der Waals surface area contributed by atoms with E-state index < -0.39 is 0 Å². The summed E-state index contributed by atoms with van der Waals surface area (Å²) in [7, 11) is 0. The lowest BCUT2D eigenvalue weighted by Crippen LogP contribution is -2.39. The standard InChI is InChI=1S/C16H22Cl2N2O/c1-2-20(11-12-5-7-19-8-6-12)16(21)10-13-3-4-14(17)15(18)9-13/h3-4,9,12,19H,2,5-8,10-11H2,1H3. The molecular weight excluding hydrogens is 307 g/mol. The van der Waals surface area contributed by atoms with E-state index in [2.05, 4.69) is 5.32 Å². The summed E-state index contributed by atoms with van der Waals surface area (Å²) < 4.78 is 0. The van der Waals surface area contributed by atoms with E-state index in [4.69, 9.17) is 23.2 Å². The van der Waals surface area contributed by atoms with Crippen molar-refractivity contribution < 1.29 is 4.79 Å². The van der Waals surface area contributed by atoms with Crippen LogP contribution in [0.5, 0.6) is 0 Å². The minimum absolute atomic E-state index is 0.162. The van der Waals surface area contributed by atoms with Gasteiger partial charge in [-0.3, -0.25) is 4.79 Å². The van der Waals surface area contributed by atoms with Gasteiger partial charge in [0.25, 0.3) is 0 Å². The third-order valence-corrected chi connectivity index (χ3v) is 4.75. The molecule has 0 unspecified atom stereocenters. The normalized spacial score (nSPS) is 16.0. The number of benzene rings is 1. The Labute approximate surface area is 136 Å². The zero-order valence-corrected chi connectivity index (χ0v) is 13.9. The van der Waals surface area contributed by atoms with Gasteiger partial charge in [0.1, 0.15) is 0 Å². The van der Waals surface area contributed by atoms with E-state index in [1.165, 1.54) is 0 Å². The van der Waals surface area contributed by atoms with Gasteiger partial charge in [-0.2, -0.15) is 0 Å². The van der Waals surface area contributed by atoms with Crippen LogP contribution >= 0.6 is 23.2 Å². The molecule has 116 valence electrons. The fraction of sp³-hybridized carbons (Fsp3) is 0.562. The maximum Gasteiger partial charge on any atom is 0.226 e. The molecule has 0 saturated carbocycles. The second kappa shape index (κ2) is 8.02. The van der Waals surface area contributed by atoms with Gasteiger partial charge in [-0.25, -0.2) is 0 Å². The van der Waals surface area contributed by atoms with Gasteiger partial charge in [0.15, 0.2) is 0 Å². The van der Waals surface area contributed by atoms with E-state index in [9.17, 15) is 4.79 Å². The van der Waals surface area contributed by atoms with E-state index in [1.54, 1.807) is 12.1 Å². The molecule has 0 atom stereocenters. The predicted molar refractivity (Wildman–Crippen MR) is 88.0 cm³/mol. The minimum atomic E-state index is 0.162. The Hall–Kier alpha value is -0.770. The summed E-state index contributed by atoms with van der Waals surface area (Å²) in [5, 5.41) is 4.38. The second-order valence-corrected chi connectivity index (χ2v) is 6.37. The first-order chi connectivity index (χ1) is 10.1. The number of nitrogens with zero attached hydrogens (tertiary/aromatic N) is 1. The highest BCUT2D eigenvalue weighted by atomic mass is 35.5. The molecule has 1 aliphatic rings. The van der Waals surface area contributed by atoms with Crippen molar-refractivity contribution >= 4 is 29.1 Å². The van der Waals surface area contributed by atoms with Crippen LogP contribution in [0, 0.1) is 5.92 Å². The summed E-state index contributed by atoms with van der Waals surface area (Å²) >= 11 is 11.9. The van der Waals surface area contributed by atoms with Gasteiger partial charge in [0.05, 0.1) is 16.5 Å². The Morgan fingerprint density at radius 3 is 2.62 bits per heavy atom. The first-order valence-corrected chi connectivity index (χ1v) is 8.28. The van der Waals surface area contributed by atoms with Gasteiger partial charge in [-0.1, -0.05) is 29.3 Å². The average molecular weight is 329 g/mol. The number of hydrogen-bond donors (Lipinski definition) is 1. The van der Waals surface area contributed by atoms with Gasteiger partial charge in [-0.05, 0) is 56.5 Å². The lowest BCUT2D eigenvalue weighted by atomic mass is 9.97. The number of hydrogen-bond acceptors (Lipinski definition) is 2. The highest BCUT2D eigenvalue weighted by molar-refractivity contribution is 6.42. The smallest absolute Gasteiger partial charge is 0.226 e. The van der Waals surface area contributed by atoms with E-state index >= 15 is 0 Å². The first kappa shape index (κ1) is 16.6. The van der Waals surface area contributed by atoms with Gasteiger partial charge in [-0.15, -0.1) is 0 Å². The molecule has 1 fully saturated rings. The van der Waals surface area contributed by atoms with Crippen molar-refractivity contribution in [3.05, 3.63) is 33.8 Å². The summed E-state index contributed by atoms with van der Waals surface area (Å²) in [6, 6.07) is 5.39. The highest BCUT2D eigenvalue weighted by Crippen LogP contribution is 2.23. The molecule has 1 saturated heterocycles. The third-order valence-electron chi connectivity index (χ3n) is 4.01. The van der Waals surface area contributed by atoms with Crippen molar-refractivity contribution in [1.82, 2.24) is 10.2 Å². The van der Waals surface area contributed by atoms with Crippen LogP contribution in [0.2, 0.25) is 10.0 Å². The molecule has 0 aliphatic carbocycles. The van der Waals surface area contributed by atoms with Crippen LogP contribution in [-0.2, 0) is 11.2 Å². The molecule has 0 aromatic heterocycles. The second-order valence-electron chi connectivity index (χ2n) is 5.55. The first-order valence-electron chi connectivity index (χ1n) is 7.52. The molecule has 1 heterocycles. The van der Waals surface area contributed by atoms with Crippen LogP contribution in [0.3, 0.4) is 0 Å². The number of carbonyl (C=O) groups excluding carboxylic acids is 1. The van der Waals surface area contributed by atoms with Crippen LogP contribution < -0.4 is 5.32 Å². The fourth-order valence-corrected chi connectivity index (χ4v) is 3.04. The highest BCUT2D eigenvalue weighted by Gasteiger charge is 2.20. The zero-order valence-electron chi connectivity index (χ0n) is 12.4. The summed E-state index contributed by atoms with van der Waals surface area (Å²) in [6.07, 6.45) is 2.68. The quantitative estimate of drug-likeness (QED) is 0.898. The largest absolute Gasteiger partial charge is 0.342 e. The predicted octanol–water partition coefficient (Wildman–Crippen LogP) is 3.38. The van der Waals surface area contributed by atoms with E-state index in [0.717, 1.165) is 44.6 Å². The fourth-order valence-electron chi connectivity index (χ4n) is 2.72. The molecule has 5 heteroatoms. The molecule has 1 amide bonds. The number of piperidine rings is 1. The number of nitrogens with one attached hydrogen (secondary N) is 1. The van der Waals surface area contributed by atoms with Crippen LogP contribution in [-0.4, -0.2) is 37.0 Å².